The normalized spacial score (nSPS) is 10.4. The third-order valence-electron chi connectivity index (χ3n) is 4.17. The molecule has 3 aromatic carbocycles. The Morgan fingerprint density at radius 2 is 1.54 bits per heavy atom. The van der Waals surface area contributed by atoms with E-state index in [0.717, 1.165) is 16.7 Å². The fourth-order valence-corrected chi connectivity index (χ4v) is 2.65. The molecule has 4 nitrogen and oxygen atoms in total. The minimum absolute atomic E-state index is 0.313. The van der Waals surface area contributed by atoms with E-state index in [9.17, 15) is 5.26 Å². The zero-order valence-corrected chi connectivity index (χ0v) is 15.0. The molecular weight excluding hydrogens is 346 g/mol. The lowest BCUT2D eigenvalue weighted by Gasteiger charge is -2.08. The highest BCUT2D eigenvalue weighted by Gasteiger charge is 2.04. The van der Waals surface area contributed by atoms with Crippen molar-refractivity contribution in [3.63, 3.8) is 0 Å². The molecule has 0 saturated heterocycles. The third kappa shape index (κ3) is 4.44. The number of benzene rings is 3. The molecule has 0 heterocycles. The van der Waals surface area contributed by atoms with Gasteiger partial charge in [0.25, 0.3) is 0 Å². The Morgan fingerprint density at radius 3 is 2.18 bits per heavy atom. The Bertz CT molecular complexity index is 1120. The Labute approximate surface area is 163 Å². The third-order valence-corrected chi connectivity index (χ3v) is 4.17. The van der Waals surface area contributed by atoms with Gasteiger partial charge in [-0.05, 0) is 47.5 Å². The molecule has 0 aliphatic rings. The summed E-state index contributed by atoms with van der Waals surface area (Å²) in [6.45, 7) is 0.313. The number of ether oxygens (including phenoxy) is 1. The lowest BCUT2D eigenvalue weighted by atomic mass is 10.0. The second-order valence-electron chi connectivity index (χ2n) is 5.99. The Hall–Kier alpha value is -4.33. The molecule has 0 saturated carbocycles. The molecule has 28 heavy (non-hydrogen) atoms. The van der Waals surface area contributed by atoms with Gasteiger partial charge in [0.1, 0.15) is 12.4 Å². The molecule has 0 atom stereocenters. The molecule has 0 bridgehead atoms. The first-order chi connectivity index (χ1) is 13.7. The molecule has 0 amide bonds. The van der Waals surface area contributed by atoms with Crippen LogP contribution in [0.1, 0.15) is 27.8 Å². The monoisotopic (exact) mass is 361 g/mol. The summed E-state index contributed by atoms with van der Waals surface area (Å²) in [5, 5.41) is 27.4. The van der Waals surface area contributed by atoms with E-state index in [1.807, 2.05) is 42.5 Å². The van der Waals surface area contributed by atoms with Gasteiger partial charge < -0.3 is 4.74 Å². The minimum atomic E-state index is 0.313. The standard InChI is InChI=1S/C24H15N3O/c25-14-19-5-9-20(10-6-19)23(16-27)13-18-7-11-24(12-8-18)28-17-22-4-2-1-3-21(22)15-26/h1-13H,17H2/b23-13-. The second-order valence-corrected chi connectivity index (χ2v) is 5.99. The van der Waals surface area contributed by atoms with Gasteiger partial charge in [-0.2, -0.15) is 15.8 Å². The lowest BCUT2D eigenvalue weighted by molar-refractivity contribution is 0.306. The van der Waals surface area contributed by atoms with Gasteiger partial charge in [-0.1, -0.05) is 42.5 Å². The van der Waals surface area contributed by atoms with Crippen LogP contribution in [0.4, 0.5) is 0 Å². The van der Waals surface area contributed by atoms with E-state index >= 15 is 0 Å². The topological polar surface area (TPSA) is 80.6 Å². The van der Waals surface area contributed by atoms with Crippen molar-refractivity contribution >= 4 is 11.6 Å². The Kier molecular flexibility index (Phi) is 5.84. The average Bonchev–Trinajstić information content (AvgIpc) is 2.77. The summed E-state index contributed by atoms with van der Waals surface area (Å²) >= 11 is 0. The van der Waals surface area contributed by atoms with Gasteiger partial charge >= 0.3 is 0 Å². The maximum atomic E-state index is 9.45. The van der Waals surface area contributed by atoms with Crippen molar-refractivity contribution < 1.29 is 4.74 Å². The number of rotatable bonds is 5. The zero-order valence-electron chi connectivity index (χ0n) is 15.0. The molecule has 0 radical (unpaired) electrons. The summed E-state index contributed by atoms with van der Waals surface area (Å²) in [4.78, 5) is 0. The van der Waals surface area contributed by atoms with E-state index < -0.39 is 0 Å². The highest BCUT2D eigenvalue weighted by Crippen LogP contribution is 2.21. The summed E-state index contributed by atoms with van der Waals surface area (Å²) < 4.78 is 5.76. The number of hydrogen-bond acceptors (Lipinski definition) is 4. The molecule has 132 valence electrons. The number of nitrogens with zero attached hydrogens (tertiary/aromatic N) is 3. The van der Waals surface area contributed by atoms with Crippen molar-refractivity contribution in [3.05, 3.63) is 101 Å². The van der Waals surface area contributed by atoms with Crippen molar-refractivity contribution in [2.75, 3.05) is 0 Å². The van der Waals surface area contributed by atoms with Crippen molar-refractivity contribution in [2.24, 2.45) is 0 Å². The van der Waals surface area contributed by atoms with E-state index in [0.29, 0.717) is 29.1 Å². The quantitative estimate of drug-likeness (QED) is 0.469. The van der Waals surface area contributed by atoms with Crippen LogP contribution in [0.3, 0.4) is 0 Å². The van der Waals surface area contributed by atoms with Crippen molar-refractivity contribution in [1.29, 1.82) is 15.8 Å². The van der Waals surface area contributed by atoms with E-state index in [2.05, 4.69) is 18.2 Å². The lowest BCUT2D eigenvalue weighted by Crippen LogP contribution is -1.98. The van der Waals surface area contributed by atoms with Crippen LogP contribution in [-0.2, 0) is 6.61 Å². The van der Waals surface area contributed by atoms with E-state index in [-0.39, 0.29) is 0 Å². The molecule has 0 unspecified atom stereocenters. The van der Waals surface area contributed by atoms with Gasteiger partial charge in [0, 0.05) is 5.56 Å². The zero-order chi connectivity index (χ0) is 19.8. The fraction of sp³-hybridized carbons (Fsp3) is 0.0417. The van der Waals surface area contributed by atoms with Crippen LogP contribution in [0.5, 0.6) is 5.75 Å². The number of nitriles is 3. The maximum Gasteiger partial charge on any atom is 0.119 e. The van der Waals surface area contributed by atoms with E-state index in [4.69, 9.17) is 15.3 Å². The minimum Gasteiger partial charge on any atom is -0.489 e. The van der Waals surface area contributed by atoms with Gasteiger partial charge in [0.2, 0.25) is 0 Å². The van der Waals surface area contributed by atoms with Crippen molar-refractivity contribution in [3.8, 4) is 24.0 Å². The second kappa shape index (κ2) is 8.86. The van der Waals surface area contributed by atoms with E-state index in [1.54, 1.807) is 36.4 Å². The predicted octanol–water partition coefficient (Wildman–Crippen LogP) is 5.07. The molecule has 0 aromatic heterocycles. The molecule has 0 N–H and O–H groups in total. The summed E-state index contributed by atoms with van der Waals surface area (Å²) in [6, 6.07) is 28.0. The van der Waals surface area contributed by atoms with Crippen LogP contribution in [0.2, 0.25) is 0 Å². The first-order valence-electron chi connectivity index (χ1n) is 8.56. The van der Waals surface area contributed by atoms with Crippen LogP contribution in [0.15, 0.2) is 72.8 Å². The average molecular weight is 361 g/mol. The first-order valence-corrected chi connectivity index (χ1v) is 8.56. The molecule has 0 aliphatic carbocycles. The Balaban J connectivity index is 1.72. The number of hydrogen-bond donors (Lipinski definition) is 0. The SMILES string of the molecule is N#C/C(=C/c1ccc(OCc2ccccc2C#N)cc1)c1ccc(C#N)cc1. The van der Waals surface area contributed by atoms with Crippen LogP contribution in [0.25, 0.3) is 11.6 Å². The highest BCUT2D eigenvalue weighted by atomic mass is 16.5. The summed E-state index contributed by atoms with van der Waals surface area (Å²) in [7, 11) is 0. The van der Waals surface area contributed by atoms with Crippen molar-refractivity contribution in [2.45, 2.75) is 6.61 Å². The maximum absolute atomic E-state index is 9.45. The van der Waals surface area contributed by atoms with Crippen LogP contribution in [-0.4, -0.2) is 0 Å². The molecule has 3 aromatic rings. The van der Waals surface area contributed by atoms with Crippen molar-refractivity contribution in [1.82, 2.24) is 0 Å². The smallest absolute Gasteiger partial charge is 0.119 e. The molecule has 4 heteroatoms. The molecular formula is C24H15N3O. The van der Waals surface area contributed by atoms with Crippen LogP contribution in [0, 0.1) is 34.0 Å². The summed E-state index contributed by atoms with van der Waals surface area (Å²) in [6.07, 6.45) is 1.79. The Morgan fingerprint density at radius 1 is 0.821 bits per heavy atom. The van der Waals surface area contributed by atoms with Gasteiger partial charge in [-0.15, -0.1) is 0 Å². The largest absolute Gasteiger partial charge is 0.489 e. The van der Waals surface area contributed by atoms with Gasteiger partial charge in [0.15, 0.2) is 0 Å². The van der Waals surface area contributed by atoms with Crippen LogP contribution >= 0.6 is 0 Å². The van der Waals surface area contributed by atoms with Gasteiger partial charge in [-0.3, -0.25) is 0 Å². The molecule has 0 aliphatic heterocycles. The fourth-order valence-electron chi connectivity index (χ4n) is 2.65. The summed E-state index contributed by atoms with van der Waals surface area (Å²) in [5.74, 6) is 0.682. The molecule has 0 fully saturated rings. The number of allylic oxidation sites excluding steroid dienone is 1. The van der Waals surface area contributed by atoms with Gasteiger partial charge in [-0.25, -0.2) is 0 Å². The van der Waals surface area contributed by atoms with Crippen LogP contribution < -0.4 is 4.74 Å². The van der Waals surface area contributed by atoms with E-state index in [1.165, 1.54) is 0 Å². The molecule has 0 spiro atoms. The van der Waals surface area contributed by atoms with Gasteiger partial charge in [0.05, 0.1) is 34.9 Å². The summed E-state index contributed by atoms with van der Waals surface area (Å²) in [5.41, 5.74) is 4.13. The highest BCUT2D eigenvalue weighted by molar-refractivity contribution is 5.89. The molecule has 3 rings (SSSR count). The predicted molar refractivity (Wildman–Crippen MR) is 107 cm³/mol. The first kappa shape index (κ1) is 18.5.